The van der Waals surface area contributed by atoms with E-state index in [1.807, 2.05) is 12.1 Å². The maximum Gasteiger partial charge on any atom is 0.343 e. The van der Waals surface area contributed by atoms with Gasteiger partial charge in [0.25, 0.3) is 0 Å². The summed E-state index contributed by atoms with van der Waals surface area (Å²) in [6, 6.07) is 14.1. The summed E-state index contributed by atoms with van der Waals surface area (Å²) in [5, 5.41) is 9.64. The fourth-order valence-corrected chi connectivity index (χ4v) is 2.58. The van der Waals surface area contributed by atoms with Crippen molar-refractivity contribution >= 4 is 5.97 Å². The number of ether oxygens (including phenoxy) is 3. The fraction of sp³-hybridized carbons (Fsp3) is 0.235. The van der Waals surface area contributed by atoms with Crippen molar-refractivity contribution in [1.82, 2.24) is 0 Å². The van der Waals surface area contributed by atoms with Crippen LogP contribution in [0.5, 0.6) is 11.5 Å². The number of epoxide rings is 1. The fourth-order valence-electron chi connectivity index (χ4n) is 2.58. The van der Waals surface area contributed by atoms with Gasteiger partial charge in [-0.1, -0.05) is 24.3 Å². The lowest BCUT2D eigenvalue weighted by Crippen LogP contribution is -2.22. The van der Waals surface area contributed by atoms with Gasteiger partial charge in [0.2, 0.25) is 5.60 Å². The topological polar surface area (TPSA) is 68.3 Å². The summed E-state index contributed by atoms with van der Waals surface area (Å²) in [5.74, 6) is 0.388. The van der Waals surface area contributed by atoms with Gasteiger partial charge < -0.3 is 19.3 Å². The van der Waals surface area contributed by atoms with Crippen molar-refractivity contribution in [2.24, 2.45) is 0 Å². The molecule has 1 fully saturated rings. The maximum absolute atomic E-state index is 11.8. The molecule has 0 aromatic heterocycles. The Morgan fingerprint density at radius 2 is 1.50 bits per heavy atom. The zero-order valence-electron chi connectivity index (χ0n) is 12.3. The molecular formula is C17H16O5. The molecule has 2 aromatic rings. The van der Waals surface area contributed by atoms with Crippen LogP contribution < -0.4 is 9.47 Å². The summed E-state index contributed by atoms with van der Waals surface area (Å²) in [6.07, 6.45) is -0.510. The number of hydrogen-bond donors (Lipinski definition) is 1. The van der Waals surface area contributed by atoms with Gasteiger partial charge in [0, 0.05) is 0 Å². The van der Waals surface area contributed by atoms with Crippen LogP contribution in [0, 0.1) is 0 Å². The molecule has 0 bridgehead atoms. The van der Waals surface area contributed by atoms with Crippen LogP contribution >= 0.6 is 0 Å². The molecule has 5 nitrogen and oxygen atoms in total. The van der Waals surface area contributed by atoms with Gasteiger partial charge >= 0.3 is 5.97 Å². The summed E-state index contributed by atoms with van der Waals surface area (Å²) in [4.78, 5) is 11.8. The Bertz CT molecular complexity index is 677. The first-order chi connectivity index (χ1) is 10.6. The minimum absolute atomic E-state index is 0.510. The Hall–Kier alpha value is -2.53. The third-order valence-corrected chi connectivity index (χ3v) is 3.87. The summed E-state index contributed by atoms with van der Waals surface area (Å²) in [7, 11) is 3.15. The van der Waals surface area contributed by atoms with Crippen molar-refractivity contribution in [2.45, 2.75) is 11.7 Å². The molecule has 22 heavy (non-hydrogen) atoms. The third kappa shape index (κ3) is 2.19. The highest BCUT2D eigenvalue weighted by Crippen LogP contribution is 2.57. The highest BCUT2D eigenvalue weighted by molar-refractivity contribution is 5.84. The minimum Gasteiger partial charge on any atom is -0.497 e. The van der Waals surface area contributed by atoms with E-state index >= 15 is 0 Å². The number of carboxylic acids is 1. The van der Waals surface area contributed by atoms with Crippen LogP contribution in [-0.4, -0.2) is 25.3 Å². The summed E-state index contributed by atoms with van der Waals surface area (Å²) < 4.78 is 15.8. The van der Waals surface area contributed by atoms with E-state index in [9.17, 15) is 9.90 Å². The third-order valence-electron chi connectivity index (χ3n) is 3.87. The highest BCUT2D eigenvalue weighted by Gasteiger charge is 2.65. The quantitative estimate of drug-likeness (QED) is 0.860. The van der Waals surface area contributed by atoms with Gasteiger partial charge in [0.05, 0.1) is 14.2 Å². The molecule has 114 valence electrons. The lowest BCUT2D eigenvalue weighted by molar-refractivity contribution is -0.143. The zero-order chi connectivity index (χ0) is 15.7. The smallest absolute Gasteiger partial charge is 0.343 e. The Morgan fingerprint density at radius 1 is 1.00 bits per heavy atom. The second-order valence-electron chi connectivity index (χ2n) is 5.04. The first-order valence-electron chi connectivity index (χ1n) is 6.81. The Morgan fingerprint density at radius 3 is 1.95 bits per heavy atom. The Labute approximate surface area is 128 Å². The van der Waals surface area contributed by atoms with Gasteiger partial charge in [-0.15, -0.1) is 0 Å². The van der Waals surface area contributed by atoms with E-state index < -0.39 is 17.7 Å². The summed E-state index contributed by atoms with van der Waals surface area (Å²) >= 11 is 0. The lowest BCUT2D eigenvalue weighted by atomic mass is 9.92. The predicted molar refractivity (Wildman–Crippen MR) is 79.1 cm³/mol. The van der Waals surface area contributed by atoms with Crippen molar-refractivity contribution in [3.8, 4) is 11.5 Å². The van der Waals surface area contributed by atoms with Crippen molar-refractivity contribution in [2.75, 3.05) is 14.2 Å². The molecule has 2 atom stereocenters. The van der Waals surface area contributed by atoms with Gasteiger partial charge in [-0.05, 0) is 35.4 Å². The first-order valence-corrected chi connectivity index (χ1v) is 6.81. The van der Waals surface area contributed by atoms with Crippen LogP contribution in [0.1, 0.15) is 17.2 Å². The van der Waals surface area contributed by atoms with E-state index in [0.29, 0.717) is 11.3 Å². The van der Waals surface area contributed by atoms with Crippen LogP contribution in [-0.2, 0) is 15.1 Å². The van der Waals surface area contributed by atoms with E-state index in [0.717, 1.165) is 11.3 Å². The number of rotatable bonds is 5. The molecule has 1 saturated heterocycles. The van der Waals surface area contributed by atoms with E-state index in [-0.39, 0.29) is 0 Å². The molecule has 0 saturated carbocycles. The van der Waals surface area contributed by atoms with Crippen LogP contribution in [0.25, 0.3) is 0 Å². The van der Waals surface area contributed by atoms with Crippen LogP contribution in [0.2, 0.25) is 0 Å². The summed E-state index contributed by atoms with van der Waals surface area (Å²) in [5.41, 5.74) is 0.0709. The molecule has 1 aliphatic rings. The molecule has 0 aliphatic carbocycles. The largest absolute Gasteiger partial charge is 0.497 e. The number of carbonyl (C=O) groups is 1. The van der Waals surface area contributed by atoms with Crippen molar-refractivity contribution in [3.05, 3.63) is 59.7 Å². The average molecular weight is 300 g/mol. The molecule has 1 N–H and O–H groups in total. The lowest BCUT2D eigenvalue weighted by Gasteiger charge is -2.09. The molecule has 5 heteroatoms. The number of methoxy groups -OCH3 is 2. The van der Waals surface area contributed by atoms with Crippen molar-refractivity contribution in [1.29, 1.82) is 0 Å². The normalized spacial score (nSPS) is 22.9. The maximum atomic E-state index is 11.8. The monoisotopic (exact) mass is 300 g/mol. The minimum atomic E-state index is -1.33. The number of benzene rings is 2. The van der Waals surface area contributed by atoms with Gasteiger partial charge in [0.15, 0.2) is 0 Å². The second kappa shape index (κ2) is 5.35. The van der Waals surface area contributed by atoms with Crippen LogP contribution in [0.3, 0.4) is 0 Å². The number of aliphatic carboxylic acids is 1. The first kappa shape index (κ1) is 14.4. The van der Waals surface area contributed by atoms with Crippen LogP contribution in [0.4, 0.5) is 0 Å². The Balaban J connectivity index is 1.92. The molecular weight excluding hydrogens is 284 g/mol. The predicted octanol–water partition coefficient (Wildman–Crippen LogP) is 2.76. The Kier molecular flexibility index (Phi) is 3.50. The molecule has 0 spiro atoms. The number of hydrogen-bond acceptors (Lipinski definition) is 4. The van der Waals surface area contributed by atoms with E-state index in [1.54, 1.807) is 50.6 Å². The van der Waals surface area contributed by atoms with Crippen LogP contribution in [0.15, 0.2) is 48.5 Å². The molecule has 0 amide bonds. The SMILES string of the molecule is COc1ccc(C2OC2(C(=O)O)c2ccc(OC)cc2)cc1. The molecule has 1 aliphatic heterocycles. The van der Waals surface area contributed by atoms with Gasteiger partial charge in [-0.2, -0.15) is 0 Å². The van der Waals surface area contributed by atoms with E-state index in [1.165, 1.54) is 0 Å². The zero-order valence-corrected chi connectivity index (χ0v) is 12.3. The van der Waals surface area contributed by atoms with Gasteiger partial charge in [0.1, 0.15) is 17.6 Å². The van der Waals surface area contributed by atoms with E-state index in [2.05, 4.69) is 0 Å². The molecule has 1 heterocycles. The summed E-state index contributed by atoms with van der Waals surface area (Å²) in [6.45, 7) is 0. The molecule has 3 rings (SSSR count). The molecule has 2 unspecified atom stereocenters. The van der Waals surface area contributed by atoms with Crippen molar-refractivity contribution in [3.63, 3.8) is 0 Å². The standard InChI is InChI=1S/C17H16O5/c1-20-13-7-3-11(4-8-13)15-17(22-15,16(18)19)12-5-9-14(21-2)10-6-12/h3-10,15H,1-2H3,(H,18,19). The second-order valence-corrected chi connectivity index (χ2v) is 5.04. The van der Waals surface area contributed by atoms with E-state index in [4.69, 9.17) is 14.2 Å². The van der Waals surface area contributed by atoms with Crippen molar-refractivity contribution < 1.29 is 24.1 Å². The highest BCUT2D eigenvalue weighted by atomic mass is 16.6. The average Bonchev–Trinajstić information content (AvgIpc) is 3.32. The van der Waals surface area contributed by atoms with Gasteiger partial charge in [-0.25, -0.2) is 4.79 Å². The van der Waals surface area contributed by atoms with Gasteiger partial charge in [-0.3, -0.25) is 0 Å². The molecule has 0 radical (unpaired) electrons. The molecule has 2 aromatic carbocycles. The number of carboxylic acid groups (broad SMARTS) is 1.